The molecule has 0 unspecified atom stereocenters. The summed E-state index contributed by atoms with van der Waals surface area (Å²) in [6.45, 7) is -0.416. The summed E-state index contributed by atoms with van der Waals surface area (Å²) in [4.78, 5) is 56.7. The summed E-state index contributed by atoms with van der Waals surface area (Å²) in [5.74, 6) is -1.10. The minimum Gasteiger partial charge on any atom is -0.497 e. The molecule has 44 heavy (non-hydrogen) atoms. The number of hydrogen-bond acceptors (Lipinski definition) is 7. The number of Topliss-reactive ketones (excluding diaryl/α,β-unsaturated/α-hetero) is 1. The van der Waals surface area contributed by atoms with Gasteiger partial charge in [-0.2, -0.15) is 0 Å². The number of benzene rings is 4. The fourth-order valence-electron chi connectivity index (χ4n) is 5.12. The number of nitrogens with zero attached hydrogens (tertiary/aromatic N) is 2. The Bertz CT molecular complexity index is 1690. The summed E-state index contributed by atoms with van der Waals surface area (Å²) in [5.41, 5.74) is 2.27. The number of ether oxygens (including phenoxy) is 3. The van der Waals surface area contributed by atoms with E-state index in [1.165, 1.54) is 19.1 Å². The molecule has 1 atom stereocenters. The van der Waals surface area contributed by atoms with E-state index in [1.807, 2.05) is 30.3 Å². The van der Waals surface area contributed by atoms with Crippen LogP contribution in [-0.4, -0.2) is 56.3 Å². The van der Waals surface area contributed by atoms with Crippen molar-refractivity contribution in [2.24, 2.45) is 0 Å². The van der Waals surface area contributed by atoms with Crippen molar-refractivity contribution in [2.45, 2.75) is 12.6 Å². The molecule has 0 spiro atoms. The molecule has 224 valence electrons. The van der Waals surface area contributed by atoms with Crippen molar-refractivity contribution < 1.29 is 33.4 Å². The van der Waals surface area contributed by atoms with Gasteiger partial charge in [0.1, 0.15) is 18.3 Å². The van der Waals surface area contributed by atoms with Crippen LogP contribution in [0.25, 0.3) is 0 Å². The molecule has 0 saturated carbocycles. The third-order valence-corrected chi connectivity index (χ3v) is 7.33. The smallest absolute Gasteiger partial charge is 0.299 e. The molecule has 0 aromatic heterocycles. The zero-order valence-electron chi connectivity index (χ0n) is 24.5. The maximum Gasteiger partial charge on any atom is 0.299 e. The fourth-order valence-corrected chi connectivity index (χ4v) is 5.12. The number of ketones is 1. The zero-order valence-corrected chi connectivity index (χ0v) is 24.5. The highest BCUT2D eigenvalue weighted by Crippen LogP contribution is 2.35. The SMILES string of the molecule is COc1ccc(NC(=O)[C@H](c2ccc(OC)c(OC)c2)N(Cc2ccccc2)C(=O)CN2C(=O)C(=O)c3ccccc32)cc1. The van der Waals surface area contributed by atoms with Gasteiger partial charge in [-0.05, 0) is 59.7 Å². The molecule has 1 heterocycles. The van der Waals surface area contributed by atoms with Crippen LogP contribution < -0.4 is 24.4 Å². The lowest BCUT2D eigenvalue weighted by atomic mass is 10.0. The second-order valence-electron chi connectivity index (χ2n) is 9.98. The topological polar surface area (TPSA) is 114 Å². The van der Waals surface area contributed by atoms with E-state index in [4.69, 9.17) is 14.2 Å². The molecule has 10 nitrogen and oxygen atoms in total. The summed E-state index contributed by atoms with van der Waals surface area (Å²) in [6, 6.07) is 26.3. The van der Waals surface area contributed by atoms with Gasteiger partial charge in [0.25, 0.3) is 17.6 Å². The van der Waals surface area contributed by atoms with Crippen LogP contribution in [0.2, 0.25) is 0 Å². The van der Waals surface area contributed by atoms with E-state index in [-0.39, 0.29) is 12.1 Å². The molecular formula is C34H31N3O7. The van der Waals surface area contributed by atoms with Crippen LogP contribution in [0.15, 0.2) is 97.1 Å². The molecule has 0 saturated heterocycles. The Hall–Kier alpha value is -5.64. The average Bonchev–Trinajstić information content (AvgIpc) is 3.29. The van der Waals surface area contributed by atoms with Gasteiger partial charge >= 0.3 is 0 Å². The number of methoxy groups -OCH3 is 3. The van der Waals surface area contributed by atoms with Gasteiger partial charge < -0.3 is 24.4 Å². The van der Waals surface area contributed by atoms with E-state index >= 15 is 0 Å². The summed E-state index contributed by atoms with van der Waals surface area (Å²) < 4.78 is 16.2. The molecule has 1 N–H and O–H groups in total. The van der Waals surface area contributed by atoms with Gasteiger partial charge in [-0.15, -0.1) is 0 Å². The lowest BCUT2D eigenvalue weighted by Crippen LogP contribution is -2.46. The Morgan fingerprint density at radius 3 is 2.16 bits per heavy atom. The Kier molecular flexibility index (Phi) is 8.90. The first-order chi connectivity index (χ1) is 21.3. The Morgan fingerprint density at radius 2 is 1.48 bits per heavy atom. The van der Waals surface area contributed by atoms with Crippen molar-refractivity contribution in [3.8, 4) is 17.2 Å². The third kappa shape index (κ3) is 6.10. The van der Waals surface area contributed by atoms with E-state index in [2.05, 4.69) is 5.32 Å². The van der Waals surface area contributed by atoms with Crippen LogP contribution >= 0.6 is 0 Å². The van der Waals surface area contributed by atoms with Crippen molar-refractivity contribution in [2.75, 3.05) is 38.1 Å². The lowest BCUT2D eigenvalue weighted by Gasteiger charge is -2.33. The highest BCUT2D eigenvalue weighted by atomic mass is 16.5. The van der Waals surface area contributed by atoms with E-state index in [9.17, 15) is 19.2 Å². The molecule has 0 aliphatic carbocycles. The van der Waals surface area contributed by atoms with Crippen molar-refractivity contribution in [1.82, 2.24) is 4.90 Å². The van der Waals surface area contributed by atoms with Gasteiger partial charge in [-0.25, -0.2) is 0 Å². The largest absolute Gasteiger partial charge is 0.497 e. The van der Waals surface area contributed by atoms with Crippen molar-refractivity contribution in [3.05, 3.63) is 114 Å². The standard InChI is InChI=1S/C34H31N3O7/c1-42-25-16-14-24(15-17-25)35-33(40)31(23-13-18-28(43-2)29(19-23)44-3)37(20-22-9-5-4-6-10-22)30(38)21-36-27-12-8-7-11-26(27)32(39)34(36)41/h4-19,31H,20-21H2,1-3H3,(H,35,40)/t31-/m0/s1. The molecule has 10 heteroatoms. The van der Waals surface area contributed by atoms with E-state index in [1.54, 1.807) is 73.8 Å². The minimum atomic E-state index is -1.17. The van der Waals surface area contributed by atoms with Gasteiger partial charge in [0, 0.05) is 12.2 Å². The Balaban J connectivity index is 1.58. The normalized spacial score (nSPS) is 12.8. The van der Waals surface area contributed by atoms with Crippen LogP contribution in [-0.2, 0) is 20.9 Å². The van der Waals surface area contributed by atoms with Crippen LogP contribution in [0.4, 0.5) is 11.4 Å². The van der Waals surface area contributed by atoms with Gasteiger partial charge in [-0.1, -0.05) is 48.5 Å². The number of hydrogen-bond donors (Lipinski definition) is 1. The average molecular weight is 594 g/mol. The number of nitrogens with one attached hydrogen (secondary N) is 1. The van der Waals surface area contributed by atoms with E-state index < -0.39 is 36.1 Å². The molecule has 0 bridgehead atoms. The van der Waals surface area contributed by atoms with Gasteiger partial charge in [0.15, 0.2) is 11.5 Å². The number of fused-ring (bicyclic) bond motifs is 1. The van der Waals surface area contributed by atoms with Crippen LogP contribution in [0.3, 0.4) is 0 Å². The first-order valence-electron chi connectivity index (χ1n) is 13.8. The summed E-state index contributed by atoms with van der Waals surface area (Å²) in [7, 11) is 4.53. The summed E-state index contributed by atoms with van der Waals surface area (Å²) >= 11 is 0. The minimum absolute atomic E-state index is 0.0341. The predicted molar refractivity (Wildman–Crippen MR) is 164 cm³/mol. The predicted octanol–water partition coefficient (Wildman–Crippen LogP) is 4.65. The molecular weight excluding hydrogens is 562 g/mol. The monoisotopic (exact) mass is 593 g/mol. The lowest BCUT2D eigenvalue weighted by molar-refractivity contribution is -0.139. The van der Waals surface area contributed by atoms with E-state index in [0.717, 1.165) is 10.5 Å². The number of amides is 3. The molecule has 5 rings (SSSR count). The summed E-state index contributed by atoms with van der Waals surface area (Å²) in [5, 5.41) is 2.91. The zero-order chi connectivity index (χ0) is 31.2. The molecule has 0 fully saturated rings. The first kappa shape index (κ1) is 29.8. The third-order valence-electron chi connectivity index (χ3n) is 7.33. The second kappa shape index (κ2) is 13.1. The number of anilines is 2. The molecule has 3 amide bonds. The van der Waals surface area contributed by atoms with Crippen LogP contribution in [0.1, 0.15) is 27.5 Å². The number of carbonyl (C=O) groups excluding carboxylic acids is 4. The van der Waals surface area contributed by atoms with Crippen molar-refractivity contribution >= 4 is 34.9 Å². The Labute approximate surface area is 254 Å². The molecule has 0 radical (unpaired) electrons. The van der Waals surface area contributed by atoms with Gasteiger partial charge in [0.2, 0.25) is 5.91 Å². The van der Waals surface area contributed by atoms with Crippen molar-refractivity contribution in [1.29, 1.82) is 0 Å². The van der Waals surface area contributed by atoms with Crippen LogP contribution in [0.5, 0.6) is 17.2 Å². The second-order valence-corrected chi connectivity index (χ2v) is 9.98. The van der Waals surface area contributed by atoms with Gasteiger partial charge in [-0.3, -0.25) is 24.1 Å². The maximum absolute atomic E-state index is 14.3. The molecule has 4 aromatic carbocycles. The van der Waals surface area contributed by atoms with Crippen molar-refractivity contribution in [3.63, 3.8) is 0 Å². The highest BCUT2D eigenvalue weighted by Gasteiger charge is 2.39. The first-order valence-corrected chi connectivity index (χ1v) is 13.8. The number of para-hydroxylation sites is 1. The molecule has 1 aliphatic heterocycles. The summed E-state index contributed by atoms with van der Waals surface area (Å²) in [6.07, 6.45) is 0. The quantitative estimate of drug-likeness (QED) is 0.252. The highest BCUT2D eigenvalue weighted by molar-refractivity contribution is 6.52. The van der Waals surface area contributed by atoms with Crippen LogP contribution in [0, 0.1) is 0 Å². The fraction of sp³-hybridized carbons (Fsp3) is 0.176. The Morgan fingerprint density at radius 1 is 0.795 bits per heavy atom. The van der Waals surface area contributed by atoms with Gasteiger partial charge in [0.05, 0.1) is 32.6 Å². The number of rotatable bonds is 11. The number of carbonyl (C=O) groups is 4. The maximum atomic E-state index is 14.3. The molecule has 4 aromatic rings. The van der Waals surface area contributed by atoms with E-state index in [0.29, 0.717) is 34.2 Å². The molecule has 1 aliphatic rings.